The molecule has 0 bridgehead atoms. The van der Waals surface area contributed by atoms with Crippen LogP contribution in [0.15, 0.2) is 48.5 Å². The van der Waals surface area contributed by atoms with Crippen LogP contribution in [0.3, 0.4) is 0 Å². The summed E-state index contributed by atoms with van der Waals surface area (Å²) in [6.07, 6.45) is 0. The van der Waals surface area contributed by atoms with E-state index in [0.29, 0.717) is 5.02 Å². The van der Waals surface area contributed by atoms with Crippen molar-refractivity contribution in [3.05, 3.63) is 59.1 Å². The number of aliphatic hydroxyl groups excluding tert-OH is 1. The third-order valence-corrected chi connectivity index (χ3v) is 3.50. The zero-order chi connectivity index (χ0) is 14.6. The molecule has 2 N–H and O–H groups in total. The monoisotopic (exact) mass is 291 g/mol. The van der Waals surface area contributed by atoms with Gasteiger partial charge in [0, 0.05) is 16.3 Å². The smallest absolute Gasteiger partial charge is 0.124 e. The minimum atomic E-state index is -0.655. The Morgan fingerprint density at radius 1 is 1.20 bits per heavy atom. The lowest BCUT2D eigenvalue weighted by Gasteiger charge is -2.31. The van der Waals surface area contributed by atoms with Gasteiger partial charge in [-0.3, -0.25) is 0 Å². The first kappa shape index (κ1) is 14.7. The van der Waals surface area contributed by atoms with Gasteiger partial charge in [0.2, 0.25) is 0 Å². The van der Waals surface area contributed by atoms with Crippen molar-refractivity contribution in [1.82, 2.24) is 0 Å². The lowest BCUT2D eigenvalue weighted by Crippen LogP contribution is -2.36. The summed E-state index contributed by atoms with van der Waals surface area (Å²) in [6, 6.07) is 15.1. The standard InChI is InChI=1S/C16H18ClNO2/c1-16(11-19,14-8-3-4-9-15(14)20-2)18-13-7-5-6-12(17)10-13/h3-10,18-19H,11H2,1-2H3. The highest BCUT2D eigenvalue weighted by Crippen LogP contribution is 2.33. The molecule has 2 aromatic carbocycles. The number of benzene rings is 2. The van der Waals surface area contributed by atoms with Gasteiger partial charge in [0.05, 0.1) is 19.3 Å². The number of hydrogen-bond donors (Lipinski definition) is 2. The van der Waals surface area contributed by atoms with Crippen LogP contribution in [0.2, 0.25) is 5.02 Å². The van der Waals surface area contributed by atoms with Crippen molar-refractivity contribution in [3.8, 4) is 5.75 Å². The normalized spacial score (nSPS) is 13.6. The van der Waals surface area contributed by atoms with Gasteiger partial charge in [0.1, 0.15) is 5.75 Å². The molecule has 20 heavy (non-hydrogen) atoms. The molecule has 0 spiro atoms. The Morgan fingerprint density at radius 3 is 2.60 bits per heavy atom. The topological polar surface area (TPSA) is 41.5 Å². The van der Waals surface area contributed by atoms with Crippen LogP contribution < -0.4 is 10.1 Å². The molecule has 0 amide bonds. The third kappa shape index (κ3) is 3.06. The molecule has 3 nitrogen and oxygen atoms in total. The molecular weight excluding hydrogens is 274 g/mol. The minimum absolute atomic E-state index is 0.0696. The van der Waals surface area contributed by atoms with Gasteiger partial charge in [0.25, 0.3) is 0 Å². The summed E-state index contributed by atoms with van der Waals surface area (Å²) in [5, 5.41) is 13.8. The van der Waals surface area contributed by atoms with Crippen LogP contribution in [0.1, 0.15) is 12.5 Å². The molecule has 0 aliphatic carbocycles. The average Bonchev–Trinajstić information content (AvgIpc) is 2.47. The Kier molecular flexibility index (Phi) is 4.53. The molecule has 2 aromatic rings. The van der Waals surface area contributed by atoms with Crippen molar-refractivity contribution in [2.24, 2.45) is 0 Å². The second-order valence-corrected chi connectivity index (χ2v) is 5.26. The Bertz CT molecular complexity index is 588. The van der Waals surface area contributed by atoms with E-state index in [2.05, 4.69) is 5.32 Å². The summed E-state index contributed by atoms with van der Waals surface area (Å²) in [6.45, 7) is 1.85. The van der Waals surface area contributed by atoms with E-state index in [1.54, 1.807) is 7.11 Å². The molecule has 0 heterocycles. The quantitative estimate of drug-likeness (QED) is 0.883. The fraction of sp³-hybridized carbons (Fsp3) is 0.250. The fourth-order valence-corrected chi connectivity index (χ4v) is 2.37. The lowest BCUT2D eigenvalue weighted by molar-refractivity contribution is 0.220. The average molecular weight is 292 g/mol. The molecule has 4 heteroatoms. The second kappa shape index (κ2) is 6.16. The summed E-state index contributed by atoms with van der Waals surface area (Å²) in [5.41, 5.74) is 1.09. The molecule has 1 unspecified atom stereocenters. The summed E-state index contributed by atoms with van der Waals surface area (Å²) in [7, 11) is 1.62. The van der Waals surface area contributed by atoms with Crippen LogP contribution >= 0.6 is 11.6 Å². The number of ether oxygens (including phenoxy) is 1. The molecule has 0 aromatic heterocycles. The molecule has 1 atom stereocenters. The van der Waals surface area contributed by atoms with Gasteiger partial charge in [-0.05, 0) is 31.2 Å². The zero-order valence-electron chi connectivity index (χ0n) is 11.6. The van der Waals surface area contributed by atoms with Crippen LogP contribution in [0.4, 0.5) is 5.69 Å². The predicted molar refractivity (Wildman–Crippen MR) is 82.5 cm³/mol. The van der Waals surface area contributed by atoms with Gasteiger partial charge < -0.3 is 15.2 Å². The maximum Gasteiger partial charge on any atom is 0.124 e. The highest BCUT2D eigenvalue weighted by molar-refractivity contribution is 6.30. The summed E-state index contributed by atoms with van der Waals surface area (Å²) >= 11 is 5.99. The number of para-hydroxylation sites is 1. The van der Waals surface area contributed by atoms with Gasteiger partial charge in [-0.2, -0.15) is 0 Å². The van der Waals surface area contributed by atoms with Crippen molar-refractivity contribution >= 4 is 17.3 Å². The van der Waals surface area contributed by atoms with Crippen molar-refractivity contribution in [2.75, 3.05) is 19.0 Å². The summed E-state index contributed by atoms with van der Waals surface area (Å²) in [5.74, 6) is 0.735. The maximum absolute atomic E-state index is 9.84. The Balaban J connectivity index is 2.38. The van der Waals surface area contributed by atoms with Crippen LogP contribution in [0.25, 0.3) is 0 Å². The molecular formula is C16H18ClNO2. The number of aliphatic hydroxyl groups is 1. The number of halogens is 1. The molecule has 0 fully saturated rings. The maximum atomic E-state index is 9.84. The van der Waals surface area contributed by atoms with Crippen LogP contribution in [-0.4, -0.2) is 18.8 Å². The van der Waals surface area contributed by atoms with Gasteiger partial charge in [-0.25, -0.2) is 0 Å². The minimum Gasteiger partial charge on any atom is -0.496 e. The van der Waals surface area contributed by atoms with E-state index < -0.39 is 5.54 Å². The molecule has 0 aliphatic heterocycles. The number of rotatable bonds is 5. The molecule has 0 aliphatic rings. The van der Waals surface area contributed by atoms with Gasteiger partial charge in [-0.1, -0.05) is 35.9 Å². The van der Waals surface area contributed by atoms with E-state index in [0.717, 1.165) is 17.0 Å². The summed E-state index contributed by atoms with van der Waals surface area (Å²) < 4.78 is 5.38. The lowest BCUT2D eigenvalue weighted by atomic mass is 9.91. The highest BCUT2D eigenvalue weighted by atomic mass is 35.5. The third-order valence-electron chi connectivity index (χ3n) is 3.26. The zero-order valence-corrected chi connectivity index (χ0v) is 12.3. The first-order valence-electron chi connectivity index (χ1n) is 6.37. The fourth-order valence-electron chi connectivity index (χ4n) is 2.18. The first-order chi connectivity index (χ1) is 9.59. The van der Waals surface area contributed by atoms with Gasteiger partial charge >= 0.3 is 0 Å². The van der Waals surface area contributed by atoms with Crippen molar-refractivity contribution < 1.29 is 9.84 Å². The molecule has 0 saturated heterocycles. The van der Waals surface area contributed by atoms with Crippen LogP contribution in [-0.2, 0) is 5.54 Å². The van der Waals surface area contributed by atoms with E-state index in [4.69, 9.17) is 16.3 Å². The van der Waals surface area contributed by atoms with Crippen LogP contribution in [0.5, 0.6) is 5.75 Å². The first-order valence-corrected chi connectivity index (χ1v) is 6.75. The largest absolute Gasteiger partial charge is 0.496 e. The van der Waals surface area contributed by atoms with Gasteiger partial charge in [-0.15, -0.1) is 0 Å². The van der Waals surface area contributed by atoms with E-state index in [9.17, 15) is 5.11 Å². The van der Waals surface area contributed by atoms with E-state index in [1.807, 2.05) is 55.5 Å². The highest BCUT2D eigenvalue weighted by Gasteiger charge is 2.28. The van der Waals surface area contributed by atoms with Gasteiger partial charge in [0.15, 0.2) is 0 Å². The predicted octanol–water partition coefficient (Wildman–Crippen LogP) is 3.67. The Morgan fingerprint density at radius 2 is 1.95 bits per heavy atom. The number of nitrogens with one attached hydrogen (secondary N) is 1. The molecule has 0 saturated carbocycles. The number of methoxy groups -OCH3 is 1. The van der Waals surface area contributed by atoms with E-state index in [1.165, 1.54) is 0 Å². The SMILES string of the molecule is COc1ccccc1C(C)(CO)Nc1cccc(Cl)c1. The second-order valence-electron chi connectivity index (χ2n) is 4.83. The Hall–Kier alpha value is -1.71. The summed E-state index contributed by atoms with van der Waals surface area (Å²) in [4.78, 5) is 0. The number of anilines is 1. The molecule has 0 radical (unpaired) electrons. The van der Waals surface area contributed by atoms with Crippen LogP contribution in [0, 0.1) is 0 Å². The Labute approximate surface area is 124 Å². The van der Waals surface area contributed by atoms with E-state index >= 15 is 0 Å². The molecule has 2 rings (SSSR count). The number of hydrogen-bond acceptors (Lipinski definition) is 3. The van der Waals surface area contributed by atoms with Crippen molar-refractivity contribution in [3.63, 3.8) is 0 Å². The van der Waals surface area contributed by atoms with E-state index in [-0.39, 0.29) is 6.61 Å². The molecule has 106 valence electrons. The van der Waals surface area contributed by atoms with Crippen molar-refractivity contribution in [2.45, 2.75) is 12.5 Å². The van der Waals surface area contributed by atoms with Crippen molar-refractivity contribution in [1.29, 1.82) is 0 Å².